The van der Waals surface area contributed by atoms with Gasteiger partial charge in [0.2, 0.25) is 0 Å². The van der Waals surface area contributed by atoms with Gasteiger partial charge in [0.05, 0.1) is 25.4 Å². The van der Waals surface area contributed by atoms with Gasteiger partial charge in [-0.1, -0.05) is 12.1 Å². The highest BCUT2D eigenvalue weighted by molar-refractivity contribution is 5.80. The van der Waals surface area contributed by atoms with Gasteiger partial charge in [0.1, 0.15) is 12.4 Å². The largest absolute Gasteiger partial charge is 0.490 e. The summed E-state index contributed by atoms with van der Waals surface area (Å²) in [4.78, 5) is 10.8. The average Bonchev–Trinajstić information content (AvgIpc) is 2.30. The van der Waals surface area contributed by atoms with E-state index in [1.807, 2.05) is 19.1 Å². The maximum atomic E-state index is 10.8. The Morgan fingerprint density at radius 3 is 2.81 bits per heavy atom. The van der Waals surface area contributed by atoms with Crippen LogP contribution in [0.3, 0.4) is 0 Å². The number of ether oxygens (including phenoxy) is 2. The summed E-state index contributed by atoms with van der Waals surface area (Å²) in [6.45, 7) is 2.96. The molecule has 0 aliphatic rings. The van der Waals surface area contributed by atoms with E-state index in [9.17, 15) is 4.79 Å². The highest BCUT2D eigenvalue weighted by Crippen LogP contribution is 2.21. The number of carbonyl (C=O) groups excluding carboxylic acids is 1. The van der Waals surface area contributed by atoms with E-state index in [0.29, 0.717) is 31.1 Å². The van der Waals surface area contributed by atoms with Crippen LogP contribution in [0.1, 0.15) is 15.9 Å². The molecule has 0 aromatic heterocycles. The van der Waals surface area contributed by atoms with E-state index in [4.69, 9.17) is 14.6 Å². The number of aliphatic hydroxyl groups excluding tert-OH is 1. The summed E-state index contributed by atoms with van der Waals surface area (Å²) in [6.07, 6.45) is 0.775. The standard InChI is InChI=1S/C12H16O4/c1-10-3-2-4-11(9-14)12(10)16-8-7-15-6-5-13/h2-4,9,13H,5-8H2,1H3. The van der Waals surface area contributed by atoms with Crippen LogP contribution in [0, 0.1) is 6.92 Å². The molecule has 1 aromatic rings. The zero-order valence-corrected chi connectivity index (χ0v) is 9.31. The van der Waals surface area contributed by atoms with Crippen LogP contribution in [0.2, 0.25) is 0 Å². The number of benzene rings is 1. The smallest absolute Gasteiger partial charge is 0.153 e. The maximum absolute atomic E-state index is 10.8. The second kappa shape index (κ2) is 6.98. The molecule has 1 N–H and O–H groups in total. The lowest BCUT2D eigenvalue weighted by Gasteiger charge is -2.11. The Hall–Kier alpha value is -1.39. The predicted molar refractivity (Wildman–Crippen MR) is 60.0 cm³/mol. The lowest BCUT2D eigenvalue weighted by atomic mass is 10.1. The molecule has 0 bridgehead atoms. The third-order valence-corrected chi connectivity index (χ3v) is 2.08. The molecular formula is C12H16O4. The van der Waals surface area contributed by atoms with E-state index in [1.54, 1.807) is 6.07 Å². The van der Waals surface area contributed by atoms with Crippen LogP contribution in [-0.4, -0.2) is 37.8 Å². The Kier molecular flexibility index (Phi) is 5.53. The van der Waals surface area contributed by atoms with E-state index >= 15 is 0 Å². The summed E-state index contributed by atoms with van der Waals surface area (Å²) in [5.74, 6) is 0.602. The molecule has 0 heterocycles. The zero-order chi connectivity index (χ0) is 11.8. The molecule has 0 amide bonds. The molecule has 1 aromatic carbocycles. The number of para-hydroxylation sites is 1. The molecule has 0 aliphatic heterocycles. The van der Waals surface area contributed by atoms with E-state index in [-0.39, 0.29) is 6.61 Å². The molecule has 0 spiro atoms. The molecule has 0 aliphatic carbocycles. The van der Waals surface area contributed by atoms with Crippen LogP contribution < -0.4 is 4.74 Å². The quantitative estimate of drug-likeness (QED) is 0.558. The summed E-state index contributed by atoms with van der Waals surface area (Å²) in [5.41, 5.74) is 1.47. The fourth-order valence-corrected chi connectivity index (χ4v) is 1.33. The van der Waals surface area contributed by atoms with E-state index in [0.717, 1.165) is 11.8 Å². The van der Waals surface area contributed by atoms with Gasteiger partial charge >= 0.3 is 0 Å². The molecule has 0 fully saturated rings. The van der Waals surface area contributed by atoms with Crippen molar-refractivity contribution in [3.8, 4) is 5.75 Å². The lowest BCUT2D eigenvalue weighted by Crippen LogP contribution is -2.10. The van der Waals surface area contributed by atoms with Crippen molar-refractivity contribution in [2.24, 2.45) is 0 Å². The van der Waals surface area contributed by atoms with Gasteiger partial charge in [0.15, 0.2) is 6.29 Å². The molecule has 0 radical (unpaired) electrons. The average molecular weight is 224 g/mol. The van der Waals surface area contributed by atoms with E-state index < -0.39 is 0 Å². The van der Waals surface area contributed by atoms with Crippen molar-refractivity contribution in [1.29, 1.82) is 0 Å². The van der Waals surface area contributed by atoms with Crippen molar-refractivity contribution in [2.75, 3.05) is 26.4 Å². The molecule has 88 valence electrons. The van der Waals surface area contributed by atoms with Gasteiger partial charge in [0.25, 0.3) is 0 Å². The van der Waals surface area contributed by atoms with Crippen LogP contribution in [0.4, 0.5) is 0 Å². The molecule has 16 heavy (non-hydrogen) atoms. The number of carbonyl (C=O) groups is 1. The minimum Gasteiger partial charge on any atom is -0.490 e. The lowest BCUT2D eigenvalue weighted by molar-refractivity contribution is 0.0701. The van der Waals surface area contributed by atoms with Crippen molar-refractivity contribution in [1.82, 2.24) is 0 Å². The van der Waals surface area contributed by atoms with Gasteiger partial charge in [-0.2, -0.15) is 0 Å². The predicted octanol–water partition coefficient (Wildman–Crippen LogP) is 1.20. The summed E-state index contributed by atoms with van der Waals surface area (Å²) < 4.78 is 10.5. The van der Waals surface area contributed by atoms with E-state index in [1.165, 1.54) is 0 Å². The Labute approximate surface area is 94.8 Å². The normalized spacial score (nSPS) is 10.1. The second-order valence-corrected chi connectivity index (χ2v) is 3.30. The first-order valence-corrected chi connectivity index (χ1v) is 5.15. The Morgan fingerprint density at radius 2 is 2.12 bits per heavy atom. The Morgan fingerprint density at radius 1 is 1.31 bits per heavy atom. The number of rotatable bonds is 7. The highest BCUT2D eigenvalue weighted by atomic mass is 16.5. The molecule has 0 atom stereocenters. The molecule has 0 saturated carbocycles. The maximum Gasteiger partial charge on any atom is 0.153 e. The molecule has 0 unspecified atom stereocenters. The van der Waals surface area contributed by atoms with Crippen LogP contribution in [-0.2, 0) is 4.74 Å². The number of hydrogen-bond donors (Lipinski definition) is 1. The van der Waals surface area contributed by atoms with Crippen molar-refractivity contribution < 1.29 is 19.4 Å². The third-order valence-electron chi connectivity index (χ3n) is 2.08. The van der Waals surface area contributed by atoms with Crippen LogP contribution in [0.15, 0.2) is 18.2 Å². The first kappa shape index (κ1) is 12.7. The Bertz CT molecular complexity index is 336. The Balaban J connectivity index is 2.49. The summed E-state index contributed by atoms with van der Waals surface area (Å²) in [7, 11) is 0. The van der Waals surface area contributed by atoms with Crippen LogP contribution in [0.5, 0.6) is 5.75 Å². The zero-order valence-electron chi connectivity index (χ0n) is 9.31. The number of aldehydes is 1. The first-order chi connectivity index (χ1) is 7.79. The third kappa shape index (κ3) is 3.64. The van der Waals surface area contributed by atoms with Crippen molar-refractivity contribution in [3.63, 3.8) is 0 Å². The number of hydrogen-bond acceptors (Lipinski definition) is 4. The van der Waals surface area contributed by atoms with Crippen molar-refractivity contribution in [3.05, 3.63) is 29.3 Å². The van der Waals surface area contributed by atoms with Gasteiger partial charge in [-0.3, -0.25) is 4.79 Å². The van der Waals surface area contributed by atoms with Gasteiger partial charge in [-0.05, 0) is 18.6 Å². The van der Waals surface area contributed by atoms with Gasteiger partial charge in [-0.25, -0.2) is 0 Å². The minimum atomic E-state index is 0.00392. The highest BCUT2D eigenvalue weighted by Gasteiger charge is 2.05. The second-order valence-electron chi connectivity index (χ2n) is 3.30. The summed E-state index contributed by atoms with van der Waals surface area (Å²) in [6, 6.07) is 5.41. The van der Waals surface area contributed by atoms with Gasteiger partial charge < -0.3 is 14.6 Å². The minimum absolute atomic E-state index is 0.00392. The van der Waals surface area contributed by atoms with Crippen molar-refractivity contribution in [2.45, 2.75) is 6.92 Å². The SMILES string of the molecule is Cc1cccc(C=O)c1OCCOCCO. The molecule has 4 nitrogen and oxygen atoms in total. The monoisotopic (exact) mass is 224 g/mol. The number of aliphatic hydroxyl groups is 1. The van der Waals surface area contributed by atoms with Crippen molar-refractivity contribution >= 4 is 6.29 Å². The molecule has 0 saturated heterocycles. The fraction of sp³-hybridized carbons (Fsp3) is 0.417. The number of aryl methyl sites for hydroxylation is 1. The summed E-state index contributed by atoms with van der Waals surface area (Å²) in [5, 5.41) is 8.50. The van der Waals surface area contributed by atoms with Crippen LogP contribution >= 0.6 is 0 Å². The topological polar surface area (TPSA) is 55.8 Å². The van der Waals surface area contributed by atoms with Gasteiger partial charge in [0, 0.05) is 0 Å². The van der Waals surface area contributed by atoms with E-state index in [2.05, 4.69) is 0 Å². The van der Waals surface area contributed by atoms with Gasteiger partial charge in [-0.15, -0.1) is 0 Å². The fourth-order valence-electron chi connectivity index (χ4n) is 1.33. The van der Waals surface area contributed by atoms with Crippen LogP contribution in [0.25, 0.3) is 0 Å². The summed E-state index contributed by atoms with van der Waals surface area (Å²) >= 11 is 0. The molecular weight excluding hydrogens is 208 g/mol. The molecule has 1 rings (SSSR count). The first-order valence-electron chi connectivity index (χ1n) is 5.15. The molecule has 4 heteroatoms.